The molecule has 0 radical (unpaired) electrons. The first kappa shape index (κ1) is 14.4. The molecule has 1 aliphatic carbocycles. The highest BCUT2D eigenvalue weighted by Gasteiger charge is 2.19. The second-order valence-electron chi connectivity index (χ2n) is 5.38. The van der Waals surface area contributed by atoms with Gasteiger partial charge in [-0.3, -0.25) is 10.2 Å². The number of carbonyl (C=O) groups is 1. The molecule has 1 amide bonds. The second-order valence-corrected chi connectivity index (χ2v) is 6.67. The van der Waals surface area contributed by atoms with Crippen LogP contribution in [-0.2, 0) is 5.75 Å². The highest BCUT2D eigenvalue weighted by atomic mass is 32.2. The van der Waals surface area contributed by atoms with Gasteiger partial charge in [-0.2, -0.15) is 11.8 Å². The third-order valence-corrected chi connectivity index (χ3v) is 5.09. The normalized spacial score (nSPS) is 23.1. The first-order chi connectivity index (χ1) is 9.19. The van der Waals surface area contributed by atoms with Gasteiger partial charge in [-0.25, -0.2) is 5.84 Å². The smallest absolute Gasteiger partial charge is 0.265 e. The van der Waals surface area contributed by atoms with Crippen molar-refractivity contribution in [1.82, 2.24) is 5.43 Å². The van der Waals surface area contributed by atoms with E-state index in [0.29, 0.717) is 5.56 Å². The van der Waals surface area contributed by atoms with Crippen LogP contribution in [0.5, 0.6) is 0 Å². The molecule has 0 heterocycles. The van der Waals surface area contributed by atoms with Gasteiger partial charge < -0.3 is 0 Å². The van der Waals surface area contributed by atoms with E-state index in [2.05, 4.69) is 18.4 Å². The van der Waals surface area contributed by atoms with Crippen molar-refractivity contribution in [2.24, 2.45) is 11.8 Å². The molecule has 0 spiro atoms. The molecule has 1 aromatic carbocycles. The van der Waals surface area contributed by atoms with Crippen LogP contribution in [0.3, 0.4) is 0 Å². The number of hydrogen-bond donors (Lipinski definition) is 2. The molecular formula is C15H22N2OS. The lowest BCUT2D eigenvalue weighted by atomic mass is 9.91. The van der Waals surface area contributed by atoms with Crippen LogP contribution in [0.25, 0.3) is 0 Å². The van der Waals surface area contributed by atoms with Crippen molar-refractivity contribution in [2.75, 3.05) is 0 Å². The van der Waals surface area contributed by atoms with Gasteiger partial charge in [0.2, 0.25) is 0 Å². The first-order valence-corrected chi connectivity index (χ1v) is 7.95. The van der Waals surface area contributed by atoms with Crippen molar-refractivity contribution in [3.63, 3.8) is 0 Å². The number of hydrogen-bond acceptors (Lipinski definition) is 3. The quantitative estimate of drug-likeness (QED) is 0.505. The lowest BCUT2D eigenvalue weighted by molar-refractivity contribution is 0.0953. The van der Waals surface area contributed by atoms with Crippen molar-refractivity contribution in [3.05, 3.63) is 35.4 Å². The van der Waals surface area contributed by atoms with E-state index in [1.807, 2.05) is 23.9 Å². The lowest BCUT2D eigenvalue weighted by Crippen LogP contribution is -2.29. The number of nitrogens with one attached hydrogen (secondary N) is 1. The van der Waals surface area contributed by atoms with E-state index in [9.17, 15) is 4.79 Å². The minimum atomic E-state index is -0.224. The van der Waals surface area contributed by atoms with Gasteiger partial charge in [-0.15, -0.1) is 0 Å². The van der Waals surface area contributed by atoms with Crippen molar-refractivity contribution in [1.29, 1.82) is 0 Å². The summed E-state index contributed by atoms with van der Waals surface area (Å²) in [6.07, 6.45) is 5.39. The minimum absolute atomic E-state index is 0.224. The Kier molecular flexibility index (Phi) is 5.28. The van der Waals surface area contributed by atoms with E-state index in [1.165, 1.54) is 31.2 Å². The topological polar surface area (TPSA) is 55.1 Å². The average molecular weight is 278 g/mol. The SMILES string of the molecule is CC1CCCC(SCc2cccc(C(=O)NN)c2)C1. The summed E-state index contributed by atoms with van der Waals surface area (Å²) >= 11 is 2.02. The molecule has 0 saturated heterocycles. The molecule has 2 atom stereocenters. The van der Waals surface area contributed by atoms with Gasteiger partial charge in [-0.1, -0.05) is 31.9 Å². The van der Waals surface area contributed by atoms with Crippen LogP contribution >= 0.6 is 11.8 Å². The molecule has 1 aromatic rings. The summed E-state index contributed by atoms with van der Waals surface area (Å²) in [4.78, 5) is 11.5. The zero-order valence-electron chi connectivity index (χ0n) is 11.4. The van der Waals surface area contributed by atoms with E-state index >= 15 is 0 Å². The summed E-state index contributed by atoms with van der Waals surface area (Å²) in [5, 5.41) is 0.774. The third kappa shape index (κ3) is 4.25. The number of benzene rings is 1. The highest BCUT2D eigenvalue weighted by molar-refractivity contribution is 7.99. The fourth-order valence-electron chi connectivity index (χ4n) is 2.63. The van der Waals surface area contributed by atoms with Gasteiger partial charge in [0.1, 0.15) is 0 Å². The number of nitrogen functional groups attached to an aromatic ring is 1. The maximum absolute atomic E-state index is 11.5. The molecule has 0 bridgehead atoms. The molecule has 3 nitrogen and oxygen atoms in total. The molecule has 19 heavy (non-hydrogen) atoms. The third-order valence-electron chi connectivity index (χ3n) is 3.69. The van der Waals surface area contributed by atoms with Crippen LogP contribution < -0.4 is 11.3 Å². The van der Waals surface area contributed by atoms with Gasteiger partial charge in [-0.05, 0) is 36.5 Å². The summed E-state index contributed by atoms with van der Waals surface area (Å²) < 4.78 is 0. The van der Waals surface area contributed by atoms with Gasteiger partial charge in [0, 0.05) is 16.6 Å². The summed E-state index contributed by atoms with van der Waals surface area (Å²) in [6.45, 7) is 2.35. The molecule has 2 unspecified atom stereocenters. The molecular weight excluding hydrogens is 256 g/mol. The molecule has 104 valence electrons. The van der Waals surface area contributed by atoms with Crippen LogP contribution in [-0.4, -0.2) is 11.2 Å². The molecule has 3 N–H and O–H groups in total. The summed E-state index contributed by atoms with van der Waals surface area (Å²) in [5.74, 6) is 6.77. The molecule has 0 aliphatic heterocycles. The zero-order chi connectivity index (χ0) is 13.7. The number of thioether (sulfide) groups is 1. The van der Waals surface area contributed by atoms with E-state index in [4.69, 9.17) is 5.84 Å². The summed E-state index contributed by atoms with van der Waals surface area (Å²) in [5.41, 5.74) is 4.01. The minimum Gasteiger partial charge on any atom is -0.290 e. The van der Waals surface area contributed by atoms with E-state index < -0.39 is 0 Å². The zero-order valence-corrected chi connectivity index (χ0v) is 12.2. The maximum Gasteiger partial charge on any atom is 0.265 e. The summed E-state index contributed by atoms with van der Waals surface area (Å²) in [7, 11) is 0. The van der Waals surface area contributed by atoms with E-state index in [-0.39, 0.29) is 5.91 Å². The number of nitrogens with two attached hydrogens (primary N) is 1. The van der Waals surface area contributed by atoms with Gasteiger partial charge >= 0.3 is 0 Å². The lowest BCUT2D eigenvalue weighted by Gasteiger charge is -2.26. The van der Waals surface area contributed by atoms with Gasteiger partial charge in [0.05, 0.1) is 0 Å². The van der Waals surface area contributed by atoms with Crippen molar-refractivity contribution >= 4 is 17.7 Å². The fourth-order valence-corrected chi connectivity index (χ4v) is 4.04. The number of hydrazine groups is 1. The Hall–Kier alpha value is -1.00. The Labute approximate surface area is 119 Å². The van der Waals surface area contributed by atoms with Crippen molar-refractivity contribution in [3.8, 4) is 0 Å². The second kappa shape index (κ2) is 6.96. The Morgan fingerprint density at radius 2 is 2.32 bits per heavy atom. The number of amides is 1. The monoisotopic (exact) mass is 278 g/mol. The Bertz CT molecular complexity index is 436. The Balaban J connectivity index is 1.90. The van der Waals surface area contributed by atoms with Gasteiger partial charge in [0.15, 0.2) is 0 Å². The highest BCUT2D eigenvalue weighted by Crippen LogP contribution is 2.33. The first-order valence-electron chi connectivity index (χ1n) is 6.90. The summed E-state index contributed by atoms with van der Waals surface area (Å²) in [6, 6.07) is 7.72. The number of carbonyl (C=O) groups excluding carboxylic acids is 1. The maximum atomic E-state index is 11.5. The molecule has 1 fully saturated rings. The molecule has 1 saturated carbocycles. The van der Waals surface area contributed by atoms with Crippen LogP contribution in [0, 0.1) is 5.92 Å². The van der Waals surface area contributed by atoms with E-state index in [0.717, 1.165) is 16.9 Å². The van der Waals surface area contributed by atoms with Crippen molar-refractivity contribution in [2.45, 2.75) is 43.6 Å². The largest absolute Gasteiger partial charge is 0.290 e. The van der Waals surface area contributed by atoms with Crippen molar-refractivity contribution < 1.29 is 4.79 Å². The van der Waals surface area contributed by atoms with Crippen LogP contribution in [0.15, 0.2) is 24.3 Å². The van der Waals surface area contributed by atoms with E-state index in [1.54, 1.807) is 6.07 Å². The van der Waals surface area contributed by atoms with Crippen LogP contribution in [0.4, 0.5) is 0 Å². The molecule has 2 rings (SSSR count). The standard InChI is InChI=1S/C15H22N2OS/c1-11-4-2-7-14(8-11)19-10-12-5-3-6-13(9-12)15(18)17-16/h3,5-6,9,11,14H,2,4,7-8,10,16H2,1H3,(H,17,18). The average Bonchev–Trinajstić information content (AvgIpc) is 2.45. The molecule has 0 aromatic heterocycles. The van der Waals surface area contributed by atoms with Crippen LogP contribution in [0.2, 0.25) is 0 Å². The number of rotatable bonds is 4. The fraction of sp³-hybridized carbons (Fsp3) is 0.533. The van der Waals surface area contributed by atoms with Gasteiger partial charge in [0.25, 0.3) is 5.91 Å². The predicted molar refractivity (Wildman–Crippen MR) is 80.8 cm³/mol. The molecule has 1 aliphatic rings. The molecule has 4 heteroatoms. The van der Waals surface area contributed by atoms with Crippen LogP contribution in [0.1, 0.15) is 48.5 Å². The Morgan fingerprint density at radius 1 is 1.47 bits per heavy atom. The predicted octanol–water partition coefficient (Wildman–Crippen LogP) is 3.10. The Morgan fingerprint density at radius 3 is 3.05 bits per heavy atom.